The van der Waals surface area contributed by atoms with Crippen molar-refractivity contribution in [2.45, 2.75) is 52.2 Å². The molecule has 0 saturated carbocycles. The summed E-state index contributed by atoms with van der Waals surface area (Å²) < 4.78 is 14.6. The topological polar surface area (TPSA) is 95.4 Å². The first-order valence-electron chi connectivity index (χ1n) is 13.8. The molecule has 2 aromatic heterocycles. The maximum absolute atomic E-state index is 14.6. The van der Waals surface area contributed by atoms with Gasteiger partial charge in [-0.25, -0.2) is 4.39 Å². The SMILES string of the molecule is CCN(CC)C(=O)C1CCC(NC(=O)c2ccc3[nH]nc(-c4cc#[n+]c(C)c4)c3c2)CN1Cc1ccccc1F. The van der Waals surface area contributed by atoms with Gasteiger partial charge in [-0.1, -0.05) is 18.2 Å². The molecule has 5 rings (SSSR count). The summed E-state index contributed by atoms with van der Waals surface area (Å²) in [5.74, 6) is -0.447. The van der Waals surface area contributed by atoms with Crippen LogP contribution in [0.2, 0.25) is 0 Å². The molecule has 2 amide bonds. The number of H-pyrrole nitrogens is 1. The average Bonchev–Trinajstić information content (AvgIpc) is 3.38. The van der Waals surface area contributed by atoms with E-state index in [1.165, 1.54) is 6.07 Å². The number of likely N-dealkylation sites (N-methyl/N-ethyl adjacent to an activating group) is 1. The van der Waals surface area contributed by atoms with Crippen LogP contribution in [0.3, 0.4) is 0 Å². The van der Waals surface area contributed by atoms with E-state index in [-0.39, 0.29) is 29.7 Å². The Morgan fingerprint density at radius 1 is 1.18 bits per heavy atom. The summed E-state index contributed by atoms with van der Waals surface area (Å²) in [6.45, 7) is 7.81. The molecule has 2 aromatic carbocycles. The smallest absolute Gasteiger partial charge is 0.314 e. The maximum atomic E-state index is 14.6. The number of carbonyl (C=O) groups excluding carboxylic acids is 2. The lowest BCUT2D eigenvalue weighted by Gasteiger charge is -2.41. The highest BCUT2D eigenvalue weighted by Crippen LogP contribution is 2.27. The number of amides is 2. The number of hydrogen-bond donors (Lipinski definition) is 2. The summed E-state index contributed by atoms with van der Waals surface area (Å²) in [5, 5.41) is 11.5. The summed E-state index contributed by atoms with van der Waals surface area (Å²) in [6.07, 6.45) is 4.12. The molecule has 206 valence electrons. The van der Waals surface area contributed by atoms with Crippen LogP contribution in [-0.2, 0) is 11.3 Å². The number of aromatic amines is 1. The summed E-state index contributed by atoms with van der Waals surface area (Å²) in [6, 6.07) is 15.3. The molecule has 0 aliphatic carbocycles. The minimum Gasteiger partial charge on any atom is -0.348 e. The van der Waals surface area contributed by atoms with Crippen molar-refractivity contribution in [1.82, 2.24) is 25.3 Å². The predicted octanol–water partition coefficient (Wildman–Crippen LogP) is 3.71. The average molecular weight is 542 g/mol. The van der Waals surface area contributed by atoms with Crippen molar-refractivity contribution in [3.8, 4) is 11.3 Å². The third-order valence-electron chi connectivity index (χ3n) is 7.63. The van der Waals surface area contributed by atoms with Gasteiger partial charge in [0, 0.05) is 67.3 Å². The fourth-order valence-electron chi connectivity index (χ4n) is 5.49. The minimum absolute atomic E-state index is 0.0487. The first-order valence-corrected chi connectivity index (χ1v) is 13.8. The molecule has 0 spiro atoms. The molecule has 2 unspecified atom stereocenters. The third kappa shape index (κ3) is 5.68. The Labute approximate surface area is 233 Å². The highest BCUT2D eigenvalue weighted by atomic mass is 19.1. The Hall–Kier alpha value is -4.29. The van der Waals surface area contributed by atoms with Gasteiger partial charge in [0.1, 0.15) is 11.5 Å². The maximum Gasteiger partial charge on any atom is 0.314 e. The van der Waals surface area contributed by atoms with E-state index >= 15 is 0 Å². The first-order chi connectivity index (χ1) is 19.4. The van der Waals surface area contributed by atoms with Gasteiger partial charge >= 0.3 is 11.9 Å². The quantitative estimate of drug-likeness (QED) is 0.355. The fraction of sp³-hybridized carbons (Fsp3) is 0.355. The van der Waals surface area contributed by atoms with Gasteiger partial charge in [-0.3, -0.25) is 19.6 Å². The minimum atomic E-state index is -0.363. The van der Waals surface area contributed by atoms with Crippen LogP contribution in [0.4, 0.5) is 4.39 Å². The van der Waals surface area contributed by atoms with E-state index in [9.17, 15) is 14.0 Å². The van der Waals surface area contributed by atoms with E-state index in [0.29, 0.717) is 50.1 Å². The zero-order valence-electron chi connectivity index (χ0n) is 23.1. The second-order valence-corrected chi connectivity index (χ2v) is 10.3. The second kappa shape index (κ2) is 11.8. The van der Waals surface area contributed by atoms with E-state index in [4.69, 9.17) is 0 Å². The molecule has 1 saturated heterocycles. The van der Waals surface area contributed by atoms with Crippen molar-refractivity contribution in [2.24, 2.45) is 0 Å². The zero-order chi connectivity index (χ0) is 28.2. The number of benzene rings is 2. The number of aromatic nitrogens is 3. The number of carbonyl (C=O) groups is 2. The molecule has 9 heteroatoms. The van der Waals surface area contributed by atoms with Crippen LogP contribution in [0.1, 0.15) is 48.3 Å². The lowest BCUT2D eigenvalue weighted by atomic mass is 9.95. The Balaban J connectivity index is 1.35. The zero-order valence-corrected chi connectivity index (χ0v) is 23.1. The number of aryl methyl sites for hydroxylation is 1. The van der Waals surface area contributed by atoms with Gasteiger partial charge in [0.2, 0.25) is 5.91 Å². The normalized spacial score (nSPS) is 17.4. The van der Waals surface area contributed by atoms with Crippen LogP contribution in [0.25, 0.3) is 22.2 Å². The summed E-state index contributed by atoms with van der Waals surface area (Å²) in [5.41, 5.74) is 4.32. The van der Waals surface area contributed by atoms with E-state index in [2.05, 4.69) is 26.7 Å². The molecule has 40 heavy (non-hydrogen) atoms. The number of fused-ring (bicyclic) bond motifs is 1. The molecule has 0 bridgehead atoms. The molecule has 3 heterocycles. The van der Waals surface area contributed by atoms with Gasteiger partial charge in [0.05, 0.1) is 17.6 Å². The van der Waals surface area contributed by atoms with Crippen molar-refractivity contribution in [1.29, 1.82) is 0 Å². The van der Waals surface area contributed by atoms with Crippen LogP contribution in [-0.4, -0.2) is 63.5 Å². The molecule has 0 radical (unpaired) electrons. The van der Waals surface area contributed by atoms with Crippen molar-refractivity contribution in [3.63, 3.8) is 0 Å². The lowest BCUT2D eigenvalue weighted by Crippen LogP contribution is -2.56. The second-order valence-electron chi connectivity index (χ2n) is 10.3. The van der Waals surface area contributed by atoms with E-state index in [0.717, 1.165) is 27.9 Å². The Morgan fingerprint density at radius 2 is 1.98 bits per heavy atom. The van der Waals surface area contributed by atoms with Gasteiger partial charge in [-0.05, 0) is 55.9 Å². The monoisotopic (exact) mass is 541 g/mol. The molecule has 1 aliphatic rings. The summed E-state index contributed by atoms with van der Waals surface area (Å²) in [7, 11) is 0. The van der Waals surface area contributed by atoms with Gasteiger partial charge in [0.25, 0.3) is 5.91 Å². The van der Waals surface area contributed by atoms with Gasteiger partial charge in [-0.2, -0.15) is 5.10 Å². The van der Waals surface area contributed by atoms with Gasteiger partial charge in [0.15, 0.2) is 0 Å². The highest BCUT2D eigenvalue weighted by Gasteiger charge is 2.35. The molecule has 4 aromatic rings. The van der Waals surface area contributed by atoms with Crippen molar-refractivity contribution >= 4 is 22.7 Å². The fourth-order valence-corrected chi connectivity index (χ4v) is 5.49. The van der Waals surface area contributed by atoms with Crippen LogP contribution >= 0.6 is 0 Å². The number of piperidine rings is 1. The molecule has 2 atom stereocenters. The van der Waals surface area contributed by atoms with E-state index < -0.39 is 0 Å². The first kappa shape index (κ1) is 27.3. The summed E-state index contributed by atoms with van der Waals surface area (Å²) in [4.78, 5) is 34.7. The predicted molar refractivity (Wildman–Crippen MR) is 150 cm³/mol. The Bertz CT molecular complexity index is 1510. The molecular formula is C31H34FN6O2+. The van der Waals surface area contributed by atoms with Crippen LogP contribution in [0, 0.1) is 18.9 Å². The van der Waals surface area contributed by atoms with Crippen LogP contribution in [0.15, 0.2) is 54.6 Å². The van der Waals surface area contributed by atoms with Gasteiger partial charge in [-0.15, -0.1) is 0 Å². The van der Waals surface area contributed by atoms with Crippen molar-refractivity contribution in [3.05, 3.63) is 83.4 Å². The molecule has 1 aliphatic heterocycles. The number of hydrogen-bond acceptors (Lipinski definition) is 4. The number of rotatable bonds is 8. The molecule has 8 nitrogen and oxygen atoms in total. The Morgan fingerprint density at radius 3 is 2.73 bits per heavy atom. The van der Waals surface area contributed by atoms with Crippen molar-refractivity contribution < 1.29 is 19.0 Å². The molecule has 2 N–H and O–H groups in total. The number of nitrogens with zero attached hydrogens (tertiary/aromatic N) is 4. The number of halogens is 1. The van der Waals surface area contributed by atoms with E-state index in [1.54, 1.807) is 30.3 Å². The van der Waals surface area contributed by atoms with Gasteiger partial charge < -0.3 is 10.2 Å². The Kier molecular flexibility index (Phi) is 8.08. The molecule has 1 fully saturated rings. The highest BCUT2D eigenvalue weighted by molar-refractivity contribution is 6.01. The van der Waals surface area contributed by atoms with Crippen LogP contribution in [0.5, 0.6) is 0 Å². The largest absolute Gasteiger partial charge is 0.348 e. The number of nitrogens with one attached hydrogen (secondary N) is 2. The van der Waals surface area contributed by atoms with Crippen molar-refractivity contribution in [2.75, 3.05) is 19.6 Å². The van der Waals surface area contributed by atoms with E-state index in [1.807, 2.05) is 48.8 Å². The van der Waals surface area contributed by atoms with Crippen LogP contribution < -0.4 is 10.3 Å². The lowest BCUT2D eigenvalue weighted by molar-refractivity contribution is -0.304. The number of likely N-dealkylation sites (tertiary alicyclic amines) is 1. The standard InChI is InChI=1S/C31H33FN6O2/c1-4-37(5-2)31(40)28-13-11-24(19-38(28)18-23-8-6-7-9-26(23)32)34-30(39)22-10-12-27-25(17-22)29(36-35-27)21-14-15-33-20(3)16-21/h6-10,12,14,16-17,24,28H,4-5,11,13,18-19H2,1-3H3,(H,34,39)/p+1. The third-order valence-corrected chi connectivity index (χ3v) is 7.63. The molecular weight excluding hydrogens is 507 g/mol. The summed E-state index contributed by atoms with van der Waals surface area (Å²) >= 11 is 0.